The number of aliphatic hydroxyl groups excluding tert-OH is 1. The Kier molecular flexibility index (Phi) is 5.25. The number of carbonyl (C=O) groups is 1. The van der Waals surface area contributed by atoms with E-state index in [9.17, 15) is 4.79 Å². The van der Waals surface area contributed by atoms with Gasteiger partial charge >= 0.3 is 0 Å². The number of nitrogen functional groups attached to an aromatic ring is 1. The molecule has 0 aliphatic carbocycles. The number of carbonyl (C=O) groups excluding carboxylic acids is 1. The van der Waals surface area contributed by atoms with Crippen LogP contribution >= 0.6 is 11.6 Å². The molecule has 0 atom stereocenters. The lowest BCUT2D eigenvalue weighted by atomic mass is 10.1. The molecule has 0 saturated heterocycles. The second-order valence-electron chi connectivity index (χ2n) is 3.75. The zero-order valence-corrected chi connectivity index (χ0v) is 10.6. The lowest BCUT2D eigenvalue weighted by molar-refractivity contribution is 0.0722. The molecule has 0 unspecified atom stereocenters. The van der Waals surface area contributed by atoms with Gasteiger partial charge in [0.1, 0.15) is 0 Å². The average Bonchev–Trinajstić information content (AvgIpc) is 2.31. The van der Waals surface area contributed by atoms with Gasteiger partial charge in [-0.2, -0.15) is 0 Å². The minimum Gasteiger partial charge on any atom is -0.398 e. The Bertz CT molecular complexity index is 390. The molecule has 0 bridgehead atoms. The lowest BCUT2D eigenvalue weighted by Gasteiger charge is -2.21. The predicted octanol–water partition coefficient (Wildman–Crippen LogP) is 1.77. The molecule has 0 saturated carbocycles. The van der Waals surface area contributed by atoms with E-state index in [0.29, 0.717) is 29.4 Å². The van der Waals surface area contributed by atoms with E-state index in [0.717, 1.165) is 6.42 Å². The van der Waals surface area contributed by atoms with Gasteiger partial charge in [0.05, 0.1) is 17.3 Å². The summed E-state index contributed by atoms with van der Waals surface area (Å²) >= 11 is 5.80. The Morgan fingerprint density at radius 1 is 1.47 bits per heavy atom. The lowest BCUT2D eigenvalue weighted by Crippen LogP contribution is -2.34. The third kappa shape index (κ3) is 3.61. The van der Waals surface area contributed by atoms with Gasteiger partial charge in [-0.25, -0.2) is 0 Å². The van der Waals surface area contributed by atoms with Gasteiger partial charge in [-0.1, -0.05) is 18.5 Å². The molecule has 1 rings (SSSR count). The Morgan fingerprint density at radius 2 is 2.18 bits per heavy atom. The van der Waals surface area contributed by atoms with Crippen LogP contribution in [0.25, 0.3) is 0 Å². The Hall–Kier alpha value is -1.26. The van der Waals surface area contributed by atoms with Crippen LogP contribution in [0.15, 0.2) is 18.2 Å². The van der Waals surface area contributed by atoms with Gasteiger partial charge in [-0.15, -0.1) is 0 Å². The van der Waals surface area contributed by atoms with Crippen LogP contribution in [0.1, 0.15) is 23.7 Å². The molecule has 0 fully saturated rings. The summed E-state index contributed by atoms with van der Waals surface area (Å²) in [6.45, 7) is 2.87. The van der Waals surface area contributed by atoms with Gasteiger partial charge in [0, 0.05) is 18.7 Å². The highest BCUT2D eigenvalue weighted by Gasteiger charge is 2.15. The van der Waals surface area contributed by atoms with Crippen molar-refractivity contribution < 1.29 is 9.90 Å². The predicted molar refractivity (Wildman–Crippen MR) is 69.1 cm³/mol. The summed E-state index contributed by atoms with van der Waals surface area (Å²) in [4.78, 5) is 13.7. The van der Waals surface area contributed by atoms with Gasteiger partial charge in [0.15, 0.2) is 0 Å². The smallest absolute Gasteiger partial charge is 0.254 e. The Labute approximate surface area is 106 Å². The van der Waals surface area contributed by atoms with Crippen molar-refractivity contribution in [2.75, 3.05) is 25.4 Å². The maximum Gasteiger partial charge on any atom is 0.254 e. The van der Waals surface area contributed by atoms with Gasteiger partial charge in [-0.3, -0.25) is 4.79 Å². The van der Waals surface area contributed by atoms with Crippen molar-refractivity contribution in [3.63, 3.8) is 0 Å². The van der Waals surface area contributed by atoms with Crippen molar-refractivity contribution in [1.29, 1.82) is 0 Å². The number of hydrogen-bond acceptors (Lipinski definition) is 3. The van der Waals surface area contributed by atoms with Crippen LogP contribution in [0.3, 0.4) is 0 Å². The van der Waals surface area contributed by atoms with Crippen molar-refractivity contribution in [1.82, 2.24) is 4.90 Å². The number of rotatable bonds is 5. The molecule has 0 heterocycles. The zero-order chi connectivity index (χ0) is 12.8. The van der Waals surface area contributed by atoms with Crippen molar-refractivity contribution in [2.45, 2.75) is 13.3 Å². The van der Waals surface area contributed by atoms with Crippen LogP contribution in [0.4, 0.5) is 5.69 Å². The summed E-state index contributed by atoms with van der Waals surface area (Å²) in [5, 5.41) is 9.35. The maximum atomic E-state index is 12.1. The van der Waals surface area contributed by atoms with Gasteiger partial charge in [0.25, 0.3) is 5.91 Å². The summed E-state index contributed by atoms with van der Waals surface area (Å²) in [6, 6.07) is 4.80. The number of aliphatic hydroxyl groups is 1. The van der Waals surface area contributed by atoms with Gasteiger partial charge < -0.3 is 15.7 Å². The largest absolute Gasteiger partial charge is 0.398 e. The number of nitrogens with two attached hydrogens (primary N) is 1. The van der Waals surface area contributed by atoms with Crippen molar-refractivity contribution in [3.05, 3.63) is 28.8 Å². The highest BCUT2D eigenvalue weighted by molar-refractivity contribution is 6.33. The third-order valence-electron chi connectivity index (χ3n) is 2.39. The second-order valence-corrected chi connectivity index (χ2v) is 4.16. The number of benzene rings is 1. The molecule has 1 amide bonds. The van der Waals surface area contributed by atoms with Crippen LogP contribution in [-0.4, -0.2) is 35.6 Å². The quantitative estimate of drug-likeness (QED) is 0.789. The van der Waals surface area contributed by atoms with Crippen LogP contribution in [0.5, 0.6) is 0 Å². The number of hydrogen-bond donors (Lipinski definition) is 2. The van der Waals surface area contributed by atoms with Crippen LogP contribution < -0.4 is 5.73 Å². The van der Waals surface area contributed by atoms with Gasteiger partial charge in [-0.05, 0) is 24.6 Å². The number of halogens is 1. The van der Waals surface area contributed by atoms with Crippen molar-refractivity contribution >= 4 is 23.2 Å². The monoisotopic (exact) mass is 256 g/mol. The zero-order valence-electron chi connectivity index (χ0n) is 9.82. The molecule has 4 nitrogen and oxygen atoms in total. The van der Waals surface area contributed by atoms with E-state index in [1.165, 1.54) is 0 Å². The Morgan fingerprint density at radius 3 is 2.71 bits per heavy atom. The highest BCUT2D eigenvalue weighted by Crippen LogP contribution is 2.20. The van der Waals surface area contributed by atoms with Crippen LogP contribution in [-0.2, 0) is 0 Å². The summed E-state index contributed by atoms with van der Waals surface area (Å²) in [5.41, 5.74) is 6.54. The topological polar surface area (TPSA) is 66.6 Å². The van der Waals surface area contributed by atoms with E-state index in [2.05, 4.69) is 0 Å². The molecule has 0 spiro atoms. The molecule has 0 aromatic heterocycles. The normalized spacial score (nSPS) is 10.3. The van der Waals surface area contributed by atoms with E-state index < -0.39 is 0 Å². The molecule has 0 aliphatic rings. The fraction of sp³-hybridized carbons (Fsp3) is 0.417. The summed E-state index contributed by atoms with van der Waals surface area (Å²) in [6.07, 6.45) is 0.842. The van der Waals surface area contributed by atoms with Crippen LogP contribution in [0, 0.1) is 0 Å². The fourth-order valence-electron chi connectivity index (χ4n) is 1.56. The van der Waals surface area contributed by atoms with E-state index in [4.69, 9.17) is 22.4 Å². The first-order chi connectivity index (χ1) is 8.10. The van der Waals surface area contributed by atoms with Crippen LogP contribution in [0.2, 0.25) is 5.02 Å². The standard InChI is InChI=1S/C12H17ClN2O2/c1-2-5-15(6-7-16)12(17)9-3-4-10(13)11(14)8-9/h3-4,8,16H,2,5-7,14H2,1H3. The van der Waals surface area contributed by atoms with Gasteiger partial charge in [0.2, 0.25) is 0 Å². The molecule has 1 aromatic rings. The second kappa shape index (κ2) is 6.47. The molecule has 17 heavy (non-hydrogen) atoms. The number of anilines is 1. The van der Waals surface area contributed by atoms with E-state index in [-0.39, 0.29) is 12.5 Å². The first kappa shape index (κ1) is 13.8. The minimum absolute atomic E-state index is 0.0468. The molecule has 1 aromatic carbocycles. The minimum atomic E-state index is -0.135. The first-order valence-electron chi connectivity index (χ1n) is 5.55. The molecular weight excluding hydrogens is 240 g/mol. The maximum absolute atomic E-state index is 12.1. The molecule has 0 aliphatic heterocycles. The summed E-state index contributed by atoms with van der Waals surface area (Å²) in [5.74, 6) is -0.135. The molecular formula is C12H17ClN2O2. The Balaban J connectivity index is 2.88. The van der Waals surface area contributed by atoms with E-state index in [1.54, 1.807) is 23.1 Å². The molecule has 0 radical (unpaired) electrons. The molecule has 94 valence electrons. The first-order valence-corrected chi connectivity index (χ1v) is 5.93. The SMILES string of the molecule is CCCN(CCO)C(=O)c1ccc(Cl)c(N)c1. The van der Waals surface area contributed by atoms with Crippen molar-refractivity contribution in [3.8, 4) is 0 Å². The third-order valence-corrected chi connectivity index (χ3v) is 2.74. The molecule has 3 N–H and O–H groups in total. The van der Waals surface area contributed by atoms with E-state index >= 15 is 0 Å². The number of nitrogens with zero attached hydrogens (tertiary/aromatic N) is 1. The van der Waals surface area contributed by atoms with E-state index in [1.807, 2.05) is 6.92 Å². The summed E-state index contributed by atoms with van der Waals surface area (Å²) < 4.78 is 0. The molecule has 5 heteroatoms. The summed E-state index contributed by atoms with van der Waals surface area (Å²) in [7, 11) is 0. The number of amides is 1. The fourth-order valence-corrected chi connectivity index (χ4v) is 1.68. The average molecular weight is 257 g/mol. The highest BCUT2D eigenvalue weighted by atomic mass is 35.5. The van der Waals surface area contributed by atoms with Crippen molar-refractivity contribution in [2.24, 2.45) is 0 Å².